The highest BCUT2D eigenvalue weighted by Gasteiger charge is 2.53. The Kier molecular flexibility index (Phi) is 5.46. The lowest BCUT2D eigenvalue weighted by atomic mass is 9.74. The van der Waals surface area contributed by atoms with Crippen LogP contribution in [0.3, 0.4) is 0 Å². The summed E-state index contributed by atoms with van der Waals surface area (Å²) >= 11 is 0. The Hall–Kier alpha value is -2.09. The zero-order valence-electron chi connectivity index (χ0n) is 17.2. The third-order valence-corrected chi connectivity index (χ3v) is 5.91. The van der Waals surface area contributed by atoms with E-state index in [0.29, 0.717) is 6.54 Å². The quantitative estimate of drug-likeness (QED) is 0.779. The summed E-state index contributed by atoms with van der Waals surface area (Å²) < 4.78 is 1.81. The van der Waals surface area contributed by atoms with Gasteiger partial charge in [0.25, 0.3) is 0 Å². The molecule has 0 N–H and O–H groups in total. The first-order valence-corrected chi connectivity index (χ1v) is 9.61. The molecule has 2 atom stereocenters. The normalized spacial score (nSPS) is 25.8. The highest BCUT2D eigenvalue weighted by atomic mass is 16.2. The molecule has 150 valence electrons. The van der Waals surface area contributed by atoms with E-state index in [0.717, 1.165) is 44.6 Å². The molecule has 3 amide bonds. The van der Waals surface area contributed by atoms with Crippen molar-refractivity contribution in [2.24, 2.45) is 18.4 Å². The molecule has 2 saturated heterocycles. The zero-order valence-corrected chi connectivity index (χ0v) is 17.2. The van der Waals surface area contributed by atoms with Crippen LogP contribution in [0.2, 0.25) is 0 Å². The molecule has 0 unspecified atom stereocenters. The van der Waals surface area contributed by atoms with Gasteiger partial charge in [0.2, 0.25) is 5.91 Å². The molecule has 3 heterocycles. The summed E-state index contributed by atoms with van der Waals surface area (Å²) in [4.78, 5) is 33.4. The molecular weight excluding hydrogens is 344 g/mol. The number of carbonyl (C=O) groups is 2. The van der Waals surface area contributed by atoms with Crippen molar-refractivity contribution in [3.05, 3.63) is 18.0 Å². The Labute approximate surface area is 161 Å². The molecule has 1 aromatic heterocycles. The summed E-state index contributed by atoms with van der Waals surface area (Å²) in [5.41, 5.74) is 0.746. The Morgan fingerprint density at radius 2 is 1.96 bits per heavy atom. The van der Waals surface area contributed by atoms with Gasteiger partial charge < -0.3 is 14.7 Å². The van der Waals surface area contributed by atoms with Gasteiger partial charge in [-0.25, -0.2) is 4.79 Å². The monoisotopic (exact) mass is 376 g/mol. The van der Waals surface area contributed by atoms with Crippen molar-refractivity contribution >= 4 is 11.9 Å². The number of aryl methyl sites for hydroxylation is 1. The lowest BCUT2D eigenvalue weighted by Crippen LogP contribution is -2.48. The summed E-state index contributed by atoms with van der Waals surface area (Å²) in [6, 6.07) is 0.0359. The van der Waals surface area contributed by atoms with Gasteiger partial charge in [-0.2, -0.15) is 5.10 Å². The number of rotatable bonds is 3. The summed E-state index contributed by atoms with van der Waals surface area (Å²) in [5.74, 6) is 0.343. The number of likely N-dealkylation sites (tertiary alicyclic amines) is 2. The fourth-order valence-electron chi connectivity index (χ4n) is 4.72. The standard InChI is InChI=1S/C19H32N6O2/c1-21(2)17(26)19-7-6-8-25(18(27)22(3)4)13-16(19)12-24(14-19)11-15-9-20-23(5)10-15/h9-10,16H,6-8,11-14H2,1-5H3/t16-,19+/m1/s1. The van der Waals surface area contributed by atoms with Crippen LogP contribution in [-0.2, 0) is 18.4 Å². The fourth-order valence-corrected chi connectivity index (χ4v) is 4.72. The fraction of sp³-hybridized carbons (Fsp3) is 0.737. The summed E-state index contributed by atoms with van der Waals surface area (Å²) in [6.07, 6.45) is 5.60. The van der Waals surface area contributed by atoms with E-state index < -0.39 is 5.41 Å². The van der Waals surface area contributed by atoms with E-state index in [1.165, 1.54) is 0 Å². The first kappa shape index (κ1) is 19.7. The maximum atomic E-state index is 13.2. The van der Waals surface area contributed by atoms with Crippen LogP contribution in [0.15, 0.2) is 12.4 Å². The molecule has 0 radical (unpaired) electrons. The largest absolute Gasteiger partial charge is 0.348 e. The summed E-state index contributed by atoms with van der Waals surface area (Å²) in [6.45, 7) is 3.71. The number of carbonyl (C=O) groups excluding carboxylic acids is 2. The number of urea groups is 1. The molecule has 0 saturated carbocycles. The second-order valence-electron chi connectivity index (χ2n) is 8.47. The average Bonchev–Trinajstić information content (AvgIpc) is 3.11. The van der Waals surface area contributed by atoms with Crippen molar-refractivity contribution in [2.45, 2.75) is 19.4 Å². The molecule has 0 bridgehead atoms. The van der Waals surface area contributed by atoms with Crippen LogP contribution in [0, 0.1) is 11.3 Å². The number of nitrogens with zero attached hydrogens (tertiary/aromatic N) is 6. The minimum atomic E-state index is -0.410. The molecular formula is C19H32N6O2. The first-order chi connectivity index (χ1) is 12.7. The third kappa shape index (κ3) is 3.81. The molecule has 1 aromatic rings. The van der Waals surface area contributed by atoms with Gasteiger partial charge in [-0.15, -0.1) is 0 Å². The molecule has 8 heteroatoms. The second kappa shape index (κ2) is 7.50. The van der Waals surface area contributed by atoms with Gasteiger partial charge in [-0.1, -0.05) is 0 Å². The van der Waals surface area contributed by atoms with Crippen molar-refractivity contribution in [1.29, 1.82) is 0 Å². The smallest absolute Gasteiger partial charge is 0.319 e. The van der Waals surface area contributed by atoms with E-state index in [9.17, 15) is 9.59 Å². The minimum Gasteiger partial charge on any atom is -0.348 e. The molecule has 2 fully saturated rings. The van der Waals surface area contributed by atoms with Gasteiger partial charge in [-0.05, 0) is 12.8 Å². The number of fused-ring (bicyclic) bond motifs is 1. The Bertz CT molecular complexity index is 700. The van der Waals surface area contributed by atoms with Gasteiger partial charge in [0, 0.05) is 85.6 Å². The van der Waals surface area contributed by atoms with E-state index >= 15 is 0 Å². The third-order valence-electron chi connectivity index (χ3n) is 5.91. The molecule has 0 aliphatic carbocycles. The highest BCUT2D eigenvalue weighted by Crippen LogP contribution is 2.44. The lowest BCUT2D eigenvalue weighted by Gasteiger charge is -2.35. The van der Waals surface area contributed by atoms with E-state index in [4.69, 9.17) is 0 Å². The Morgan fingerprint density at radius 1 is 1.22 bits per heavy atom. The van der Waals surface area contributed by atoms with Crippen molar-refractivity contribution in [1.82, 2.24) is 29.4 Å². The van der Waals surface area contributed by atoms with Gasteiger partial charge in [-0.3, -0.25) is 14.4 Å². The van der Waals surface area contributed by atoms with Crippen molar-refractivity contribution in [3.8, 4) is 0 Å². The van der Waals surface area contributed by atoms with Crippen molar-refractivity contribution in [3.63, 3.8) is 0 Å². The molecule has 2 aliphatic rings. The van der Waals surface area contributed by atoms with Crippen LogP contribution in [-0.4, -0.2) is 95.7 Å². The molecule has 8 nitrogen and oxygen atoms in total. The van der Waals surface area contributed by atoms with Crippen LogP contribution in [0.1, 0.15) is 18.4 Å². The zero-order chi connectivity index (χ0) is 19.8. The van der Waals surface area contributed by atoms with E-state index in [-0.39, 0.29) is 17.9 Å². The van der Waals surface area contributed by atoms with Crippen LogP contribution in [0.25, 0.3) is 0 Å². The summed E-state index contributed by atoms with van der Waals surface area (Å²) in [7, 11) is 9.17. The topological polar surface area (TPSA) is 64.9 Å². The van der Waals surface area contributed by atoms with Crippen molar-refractivity contribution in [2.75, 3.05) is 54.4 Å². The molecule has 27 heavy (non-hydrogen) atoms. The van der Waals surface area contributed by atoms with E-state index in [1.54, 1.807) is 23.9 Å². The molecule has 2 aliphatic heterocycles. The number of hydrogen-bond acceptors (Lipinski definition) is 4. The van der Waals surface area contributed by atoms with Crippen LogP contribution in [0.5, 0.6) is 0 Å². The van der Waals surface area contributed by atoms with Gasteiger partial charge >= 0.3 is 6.03 Å². The van der Waals surface area contributed by atoms with Crippen molar-refractivity contribution < 1.29 is 9.59 Å². The van der Waals surface area contributed by atoms with E-state index in [1.807, 2.05) is 43.1 Å². The maximum absolute atomic E-state index is 13.2. The molecule has 0 spiro atoms. The lowest BCUT2D eigenvalue weighted by molar-refractivity contribution is -0.141. The van der Waals surface area contributed by atoms with Gasteiger partial charge in [0.05, 0.1) is 11.6 Å². The second-order valence-corrected chi connectivity index (χ2v) is 8.47. The first-order valence-electron chi connectivity index (χ1n) is 9.61. The minimum absolute atomic E-state index is 0.0359. The van der Waals surface area contributed by atoms with Gasteiger partial charge in [0.1, 0.15) is 0 Å². The van der Waals surface area contributed by atoms with Crippen LogP contribution < -0.4 is 0 Å². The van der Waals surface area contributed by atoms with Crippen LogP contribution in [0.4, 0.5) is 4.79 Å². The molecule has 0 aromatic carbocycles. The summed E-state index contributed by atoms with van der Waals surface area (Å²) in [5, 5.41) is 4.26. The predicted molar refractivity (Wildman–Crippen MR) is 103 cm³/mol. The van der Waals surface area contributed by atoms with Gasteiger partial charge in [0.15, 0.2) is 0 Å². The molecule has 3 rings (SSSR count). The maximum Gasteiger partial charge on any atom is 0.319 e. The number of aromatic nitrogens is 2. The predicted octanol–water partition coefficient (Wildman–Crippen LogP) is 0.704. The Balaban J connectivity index is 1.84. The number of hydrogen-bond donors (Lipinski definition) is 0. The number of amides is 3. The SMILES string of the molecule is CN(C)C(=O)N1CCC[C@]2(C(=O)N(C)C)CN(Cc3cnn(C)c3)C[C@@H]2C1. The van der Waals surface area contributed by atoms with E-state index in [2.05, 4.69) is 10.00 Å². The highest BCUT2D eigenvalue weighted by molar-refractivity contribution is 5.84. The van der Waals surface area contributed by atoms with Crippen LogP contribution >= 0.6 is 0 Å². The Morgan fingerprint density at radius 3 is 2.56 bits per heavy atom. The average molecular weight is 377 g/mol.